The zero-order chi connectivity index (χ0) is 15.1. The van der Waals surface area contributed by atoms with Crippen LogP contribution in [0, 0.1) is 0 Å². The molecule has 0 atom stereocenters. The molecule has 0 spiro atoms. The second-order valence-corrected chi connectivity index (χ2v) is 5.48. The predicted octanol–water partition coefficient (Wildman–Crippen LogP) is 2.39. The average molecular weight is 342 g/mol. The van der Waals surface area contributed by atoms with Crippen LogP contribution in [0.4, 0.5) is 0 Å². The molecule has 3 N–H and O–H groups in total. The van der Waals surface area contributed by atoms with Gasteiger partial charge in [0.05, 0.1) is 7.11 Å². The van der Waals surface area contributed by atoms with Crippen molar-refractivity contribution in [2.24, 2.45) is 5.73 Å². The Morgan fingerprint density at radius 2 is 2.27 bits per heavy atom. The summed E-state index contributed by atoms with van der Waals surface area (Å²) in [6, 6.07) is 7.95. The smallest absolute Gasteiger partial charge is 0.270 e. The minimum Gasteiger partial charge on any atom is -0.497 e. The van der Waals surface area contributed by atoms with E-state index in [4.69, 9.17) is 10.5 Å². The van der Waals surface area contributed by atoms with E-state index in [1.54, 1.807) is 12.5 Å². The van der Waals surface area contributed by atoms with Crippen LogP contribution in [0.1, 0.15) is 27.5 Å². The number of amides is 1. The number of hydrogen-bond acceptors (Lipinski definition) is 5. The number of halogens is 1. The Labute approximate surface area is 140 Å². The van der Waals surface area contributed by atoms with Gasteiger partial charge in [-0.3, -0.25) is 4.79 Å². The zero-order valence-corrected chi connectivity index (χ0v) is 14.0. The maximum Gasteiger partial charge on any atom is 0.270 e. The Morgan fingerprint density at radius 1 is 1.45 bits per heavy atom. The lowest BCUT2D eigenvalue weighted by Gasteiger charge is -2.05. The number of carbonyl (C=O) groups excluding carboxylic acids is 1. The summed E-state index contributed by atoms with van der Waals surface area (Å²) in [6.07, 6.45) is 1.76. The molecule has 1 heterocycles. The summed E-state index contributed by atoms with van der Waals surface area (Å²) in [7, 11) is 1.66. The van der Waals surface area contributed by atoms with Crippen LogP contribution in [0.15, 0.2) is 29.6 Å². The predicted molar refractivity (Wildman–Crippen MR) is 90.9 cm³/mol. The van der Waals surface area contributed by atoms with E-state index >= 15 is 0 Å². The number of nitrogens with one attached hydrogen (secondary N) is 1. The summed E-state index contributed by atoms with van der Waals surface area (Å²) >= 11 is 1.41. The third kappa shape index (κ3) is 5.29. The summed E-state index contributed by atoms with van der Waals surface area (Å²) in [5.41, 5.74) is 7.12. The van der Waals surface area contributed by atoms with E-state index < -0.39 is 0 Å². The monoisotopic (exact) mass is 341 g/mol. The Hall–Kier alpha value is -1.63. The number of nitrogens with zero attached hydrogens (tertiary/aromatic N) is 1. The van der Waals surface area contributed by atoms with Crippen molar-refractivity contribution < 1.29 is 9.53 Å². The van der Waals surface area contributed by atoms with E-state index in [1.165, 1.54) is 16.9 Å². The van der Waals surface area contributed by atoms with Crippen molar-refractivity contribution >= 4 is 29.7 Å². The van der Waals surface area contributed by atoms with E-state index in [0.29, 0.717) is 18.8 Å². The van der Waals surface area contributed by atoms with Gasteiger partial charge in [-0.25, -0.2) is 4.98 Å². The molecule has 5 nitrogen and oxygen atoms in total. The van der Waals surface area contributed by atoms with Crippen molar-refractivity contribution in [1.82, 2.24) is 10.3 Å². The molecular weight excluding hydrogens is 322 g/mol. The molecule has 0 saturated carbocycles. The summed E-state index contributed by atoms with van der Waals surface area (Å²) in [6.45, 7) is 0.985. The number of benzene rings is 1. The largest absolute Gasteiger partial charge is 0.497 e. The lowest BCUT2D eigenvalue weighted by atomic mass is 10.1. The quantitative estimate of drug-likeness (QED) is 0.758. The van der Waals surface area contributed by atoms with Gasteiger partial charge in [0.2, 0.25) is 0 Å². The van der Waals surface area contributed by atoms with E-state index in [9.17, 15) is 4.79 Å². The van der Waals surface area contributed by atoms with Gasteiger partial charge in [0.25, 0.3) is 5.91 Å². The van der Waals surface area contributed by atoms with Gasteiger partial charge in [0, 0.05) is 18.5 Å². The first-order valence-electron chi connectivity index (χ1n) is 6.78. The fraction of sp³-hybridized carbons (Fsp3) is 0.333. The molecule has 0 aliphatic heterocycles. The van der Waals surface area contributed by atoms with Crippen LogP contribution in [0.2, 0.25) is 0 Å². The number of thiazole rings is 1. The summed E-state index contributed by atoms with van der Waals surface area (Å²) < 4.78 is 5.18. The number of nitrogens with two attached hydrogens (primary N) is 1. The van der Waals surface area contributed by atoms with Gasteiger partial charge < -0.3 is 15.8 Å². The summed E-state index contributed by atoms with van der Waals surface area (Å²) in [4.78, 5) is 16.0. The van der Waals surface area contributed by atoms with Crippen LogP contribution in [0.3, 0.4) is 0 Å². The molecule has 120 valence electrons. The molecule has 1 aromatic carbocycles. The van der Waals surface area contributed by atoms with E-state index in [2.05, 4.69) is 16.4 Å². The fourth-order valence-corrected chi connectivity index (χ4v) is 2.58. The number of ether oxygens (including phenoxy) is 1. The minimum absolute atomic E-state index is 0. The molecule has 22 heavy (non-hydrogen) atoms. The highest BCUT2D eigenvalue weighted by molar-refractivity contribution is 7.09. The molecule has 0 aliphatic rings. The molecule has 2 rings (SSSR count). The minimum atomic E-state index is -0.142. The highest BCUT2D eigenvalue weighted by Crippen LogP contribution is 2.13. The lowest BCUT2D eigenvalue weighted by molar-refractivity contribution is 0.0949. The van der Waals surface area contributed by atoms with Crippen LogP contribution in [-0.2, 0) is 13.0 Å². The maximum atomic E-state index is 11.9. The van der Waals surface area contributed by atoms with Gasteiger partial charge >= 0.3 is 0 Å². The normalized spacial score (nSPS) is 9.91. The molecule has 0 fully saturated rings. The third-order valence-corrected chi connectivity index (χ3v) is 3.89. The van der Waals surface area contributed by atoms with E-state index in [1.807, 2.05) is 18.2 Å². The van der Waals surface area contributed by atoms with Gasteiger partial charge in [-0.2, -0.15) is 0 Å². The number of carbonyl (C=O) groups is 1. The van der Waals surface area contributed by atoms with Gasteiger partial charge in [-0.05, 0) is 30.5 Å². The molecular formula is C15H20ClN3O2S. The van der Waals surface area contributed by atoms with Gasteiger partial charge in [0.15, 0.2) is 0 Å². The van der Waals surface area contributed by atoms with Crippen molar-refractivity contribution in [3.63, 3.8) is 0 Å². The van der Waals surface area contributed by atoms with Gasteiger partial charge in [-0.15, -0.1) is 23.7 Å². The number of aryl methyl sites for hydroxylation is 1. The van der Waals surface area contributed by atoms with Gasteiger partial charge in [0.1, 0.15) is 16.5 Å². The second-order valence-electron chi connectivity index (χ2n) is 4.54. The van der Waals surface area contributed by atoms with Gasteiger partial charge in [-0.1, -0.05) is 12.1 Å². The first-order valence-corrected chi connectivity index (χ1v) is 7.66. The van der Waals surface area contributed by atoms with Crippen LogP contribution in [0.5, 0.6) is 5.75 Å². The van der Waals surface area contributed by atoms with E-state index in [0.717, 1.165) is 23.6 Å². The molecule has 1 amide bonds. The Balaban J connectivity index is 0.00000242. The number of aromatic nitrogens is 1. The SMILES string of the molecule is COc1cccc(CCCNC(=O)c2csc(CN)n2)c1.Cl. The summed E-state index contributed by atoms with van der Waals surface area (Å²) in [5, 5.41) is 5.38. The fourth-order valence-electron chi connectivity index (χ4n) is 1.92. The number of rotatable bonds is 7. The molecule has 0 aliphatic carbocycles. The van der Waals surface area contributed by atoms with Crippen molar-refractivity contribution in [1.29, 1.82) is 0 Å². The topological polar surface area (TPSA) is 77.2 Å². The highest BCUT2D eigenvalue weighted by Gasteiger charge is 2.09. The first-order chi connectivity index (χ1) is 10.2. The standard InChI is InChI=1S/C15H19N3O2S.ClH/c1-20-12-6-2-4-11(8-12)5-3-7-17-15(19)13-10-21-14(9-16)18-13;/h2,4,6,8,10H,3,5,7,9,16H2,1H3,(H,17,19);1H. The lowest BCUT2D eigenvalue weighted by Crippen LogP contribution is -2.25. The van der Waals surface area contributed by atoms with Crippen LogP contribution >= 0.6 is 23.7 Å². The van der Waals surface area contributed by atoms with Crippen molar-refractivity contribution in [2.45, 2.75) is 19.4 Å². The van der Waals surface area contributed by atoms with Crippen LogP contribution in [0.25, 0.3) is 0 Å². The summed E-state index contributed by atoms with van der Waals surface area (Å²) in [5.74, 6) is 0.713. The number of hydrogen-bond donors (Lipinski definition) is 2. The van der Waals surface area contributed by atoms with Crippen LogP contribution < -0.4 is 15.8 Å². The second kappa shape index (κ2) is 9.40. The van der Waals surface area contributed by atoms with Crippen LogP contribution in [-0.4, -0.2) is 24.5 Å². The molecule has 1 aromatic heterocycles. The van der Waals surface area contributed by atoms with E-state index in [-0.39, 0.29) is 18.3 Å². The first kappa shape index (κ1) is 18.4. The van der Waals surface area contributed by atoms with Crippen molar-refractivity contribution in [2.75, 3.05) is 13.7 Å². The van der Waals surface area contributed by atoms with Crippen molar-refractivity contribution in [3.05, 3.63) is 45.9 Å². The zero-order valence-electron chi connectivity index (χ0n) is 12.4. The maximum absolute atomic E-state index is 11.9. The molecule has 0 radical (unpaired) electrons. The molecule has 0 unspecified atom stereocenters. The molecule has 0 bridgehead atoms. The Morgan fingerprint density at radius 3 is 2.95 bits per heavy atom. The molecule has 7 heteroatoms. The molecule has 2 aromatic rings. The molecule has 0 saturated heterocycles. The van der Waals surface area contributed by atoms with Crippen molar-refractivity contribution in [3.8, 4) is 5.75 Å². The highest BCUT2D eigenvalue weighted by atomic mass is 35.5. The Bertz CT molecular complexity index is 604. The third-order valence-electron chi connectivity index (χ3n) is 3.02. The Kier molecular flexibility index (Phi) is 7.87. The average Bonchev–Trinajstić information content (AvgIpc) is 3.00. The number of methoxy groups -OCH3 is 1.